The van der Waals surface area contributed by atoms with Crippen LogP contribution in [0.1, 0.15) is 33.1 Å². The molecule has 150 valence electrons. The van der Waals surface area contributed by atoms with Crippen LogP contribution in [0.5, 0.6) is 0 Å². The molecular formula is C21H33N3O3. The molecule has 3 saturated heterocycles. The summed E-state index contributed by atoms with van der Waals surface area (Å²) in [6.45, 7) is 9.17. The van der Waals surface area contributed by atoms with Gasteiger partial charge in [0.1, 0.15) is 5.60 Å². The number of carbonyl (C=O) groups is 2. The summed E-state index contributed by atoms with van der Waals surface area (Å²) in [5.41, 5.74) is -0.573. The van der Waals surface area contributed by atoms with Gasteiger partial charge in [-0.25, -0.2) is 0 Å². The van der Waals surface area contributed by atoms with Crippen molar-refractivity contribution in [2.24, 2.45) is 17.8 Å². The minimum absolute atomic E-state index is 0.115. The van der Waals surface area contributed by atoms with E-state index in [0.29, 0.717) is 12.5 Å². The molecule has 0 aliphatic carbocycles. The molecular weight excluding hydrogens is 342 g/mol. The first kappa shape index (κ1) is 18.9. The van der Waals surface area contributed by atoms with E-state index in [9.17, 15) is 9.59 Å². The molecule has 4 aliphatic heterocycles. The monoisotopic (exact) mass is 375 g/mol. The van der Waals surface area contributed by atoms with Crippen molar-refractivity contribution in [2.75, 3.05) is 46.3 Å². The number of ether oxygens (including phenoxy) is 1. The van der Waals surface area contributed by atoms with E-state index in [2.05, 4.69) is 31.9 Å². The molecule has 6 nitrogen and oxygen atoms in total. The standard InChI is InChI=1S/C21H33N3O3/c1-4-15(5-2)13-24-14-21-8-7-16(27-21)17(18(21)20(24)26)19(25)23-10-6-9-22(3)11-12-23/h7-8,15-18H,4-6,9-14H2,1-3H3/t16-,17?,18?,21-/m1/s1. The van der Waals surface area contributed by atoms with Gasteiger partial charge in [0, 0.05) is 26.2 Å². The molecule has 0 aromatic heterocycles. The Labute approximate surface area is 162 Å². The zero-order valence-corrected chi connectivity index (χ0v) is 16.9. The van der Waals surface area contributed by atoms with E-state index in [1.165, 1.54) is 0 Å². The molecule has 0 saturated carbocycles. The van der Waals surface area contributed by atoms with Crippen LogP contribution in [-0.4, -0.2) is 84.5 Å². The fourth-order valence-electron chi connectivity index (χ4n) is 5.35. The average molecular weight is 376 g/mol. The van der Waals surface area contributed by atoms with Gasteiger partial charge in [-0.05, 0) is 25.9 Å². The number of nitrogens with zero attached hydrogens (tertiary/aromatic N) is 3. The molecule has 27 heavy (non-hydrogen) atoms. The van der Waals surface area contributed by atoms with Crippen molar-refractivity contribution in [3.05, 3.63) is 12.2 Å². The SMILES string of the molecule is CCC(CC)CN1C[C@@]23C=C[C@@H](O2)C(C(=O)N2CCCN(C)CC2)C3C1=O. The highest BCUT2D eigenvalue weighted by Crippen LogP contribution is 2.52. The van der Waals surface area contributed by atoms with Gasteiger partial charge >= 0.3 is 0 Å². The lowest BCUT2D eigenvalue weighted by Gasteiger charge is -2.29. The fraction of sp³-hybridized carbons (Fsp3) is 0.810. The van der Waals surface area contributed by atoms with Crippen LogP contribution >= 0.6 is 0 Å². The van der Waals surface area contributed by atoms with Gasteiger partial charge in [0.2, 0.25) is 11.8 Å². The van der Waals surface area contributed by atoms with Crippen molar-refractivity contribution in [3.63, 3.8) is 0 Å². The Morgan fingerprint density at radius 3 is 2.78 bits per heavy atom. The highest BCUT2D eigenvalue weighted by Gasteiger charge is 2.67. The van der Waals surface area contributed by atoms with Crippen molar-refractivity contribution in [1.82, 2.24) is 14.7 Å². The molecule has 4 atom stereocenters. The Balaban J connectivity index is 1.53. The second-order valence-electron chi connectivity index (χ2n) is 8.78. The Bertz CT molecular complexity index is 632. The van der Waals surface area contributed by atoms with Crippen LogP contribution < -0.4 is 0 Å². The second kappa shape index (κ2) is 7.21. The number of carbonyl (C=O) groups excluding carboxylic acids is 2. The molecule has 4 aliphatic rings. The number of amides is 2. The summed E-state index contributed by atoms with van der Waals surface area (Å²) < 4.78 is 6.28. The van der Waals surface area contributed by atoms with Gasteiger partial charge in [-0.15, -0.1) is 0 Å². The Morgan fingerprint density at radius 1 is 1.26 bits per heavy atom. The van der Waals surface area contributed by atoms with E-state index in [1.54, 1.807) is 0 Å². The van der Waals surface area contributed by atoms with Crippen LogP contribution in [0.4, 0.5) is 0 Å². The normalized spacial score (nSPS) is 36.0. The van der Waals surface area contributed by atoms with E-state index in [1.807, 2.05) is 15.9 Å². The highest BCUT2D eigenvalue weighted by molar-refractivity contribution is 5.93. The zero-order chi connectivity index (χ0) is 19.2. The number of likely N-dealkylation sites (tertiary alicyclic amines) is 1. The highest BCUT2D eigenvalue weighted by atomic mass is 16.5. The van der Waals surface area contributed by atoms with Crippen molar-refractivity contribution >= 4 is 11.8 Å². The van der Waals surface area contributed by atoms with Crippen molar-refractivity contribution in [1.29, 1.82) is 0 Å². The first-order chi connectivity index (χ1) is 13.0. The lowest BCUT2D eigenvalue weighted by Crippen LogP contribution is -2.47. The quantitative estimate of drug-likeness (QED) is 0.681. The van der Waals surface area contributed by atoms with Gasteiger partial charge in [0.25, 0.3) is 0 Å². The maximum atomic E-state index is 13.4. The number of rotatable bonds is 5. The summed E-state index contributed by atoms with van der Waals surface area (Å²) in [4.78, 5) is 32.9. The Morgan fingerprint density at radius 2 is 2.04 bits per heavy atom. The molecule has 1 spiro atoms. The molecule has 0 N–H and O–H groups in total. The second-order valence-corrected chi connectivity index (χ2v) is 8.78. The molecule has 4 heterocycles. The van der Waals surface area contributed by atoms with E-state index >= 15 is 0 Å². The number of hydrogen-bond acceptors (Lipinski definition) is 4. The van der Waals surface area contributed by atoms with Gasteiger partial charge < -0.3 is 19.4 Å². The van der Waals surface area contributed by atoms with Gasteiger partial charge in [-0.3, -0.25) is 9.59 Å². The third kappa shape index (κ3) is 3.11. The van der Waals surface area contributed by atoms with Gasteiger partial charge in [0.15, 0.2) is 0 Å². The van der Waals surface area contributed by atoms with E-state index in [4.69, 9.17) is 4.74 Å². The predicted octanol–water partition coefficient (Wildman–Crippen LogP) is 1.37. The summed E-state index contributed by atoms with van der Waals surface area (Å²) in [5, 5.41) is 0. The minimum Gasteiger partial charge on any atom is -0.360 e. The lowest BCUT2D eigenvalue weighted by atomic mass is 9.76. The van der Waals surface area contributed by atoms with E-state index in [0.717, 1.165) is 52.0 Å². The van der Waals surface area contributed by atoms with Gasteiger partial charge in [0.05, 0.1) is 24.5 Å². The first-order valence-electron chi connectivity index (χ1n) is 10.6. The van der Waals surface area contributed by atoms with Gasteiger partial charge in [-0.2, -0.15) is 0 Å². The van der Waals surface area contributed by atoms with Crippen molar-refractivity contribution < 1.29 is 14.3 Å². The first-order valence-corrected chi connectivity index (χ1v) is 10.6. The molecule has 2 unspecified atom stereocenters. The molecule has 4 rings (SSSR count). The Hall–Kier alpha value is -1.40. The Kier molecular flexibility index (Phi) is 5.06. The van der Waals surface area contributed by atoms with Gasteiger partial charge in [-0.1, -0.05) is 38.8 Å². The van der Waals surface area contributed by atoms with Crippen LogP contribution in [0.3, 0.4) is 0 Å². The van der Waals surface area contributed by atoms with Crippen molar-refractivity contribution in [2.45, 2.75) is 44.8 Å². The fourth-order valence-corrected chi connectivity index (χ4v) is 5.35. The van der Waals surface area contributed by atoms with Crippen LogP contribution in [0.25, 0.3) is 0 Å². The smallest absolute Gasteiger partial charge is 0.230 e. The topological polar surface area (TPSA) is 53.1 Å². The third-order valence-electron chi connectivity index (χ3n) is 7.13. The number of likely N-dealkylation sites (N-methyl/N-ethyl adjacent to an activating group) is 1. The molecule has 3 fully saturated rings. The molecule has 6 heteroatoms. The van der Waals surface area contributed by atoms with Crippen LogP contribution in [-0.2, 0) is 14.3 Å². The third-order valence-corrected chi connectivity index (χ3v) is 7.13. The summed E-state index contributed by atoms with van der Waals surface area (Å²) in [6.07, 6.45) is 6.98. The maximum absolute atomic E-state index is 13.4. The predicted molar refractivity (Wildman–Crippen MR) is 103 cm³/mol. The summed E-state index contributed by atoms with van der Waals surface area (Å²) in [7, 11) is 2.10. The molecule has 0 aromatic rings. The summed E-state index contributed by atoms with van der Waals surface area (Å²) in [5.74, 6) is 0.0666. The maximum Gasteiger partial charge on any atom is 0.230 e. The molecule has 0 aromatic carbocycles. The molecule has 2 amide bonds. The minimum atomic E-state index is -0.573. The van der Waals surface area contributed by atoms with Crippen LogP contribution in [0.15, 0.2) is 12.2 Å². The molecule has 0 radical (unpaired) electrons. The number of fused-ring (bicyclic) bond motifs is 1. The van der Waals surface area contributed by atoms with E-state index in [-0.39, 0.29) is 29.8 Å². The average Bonchev–Trinajstić information content (AvgIpc) is 3.23. The lowest BCUT2D eigenvalue weighted by molar-refractivity contribution is -0.143. The zero-order valence-electron chi connectivity index (χ0n) is 16.9. The van der Waals surface area contributed by atoms with Crippen LogP contribution in [0, 0.1) is 17.8 Å². The largest absolute Gasteiger partial charge is 0.360 e. The van der Waals surface area contributed by atoms with Crippen LogP contribution in [0.2, 0.25) is 0 Å². The number of hydrogen-bond donors (Lipinski definition) is 0. The molecule has 2 bridgehead atoms. The van der Waals surface area contributed by atoms with Crippen molar-refractivity contribution in [3.8, 4) is 0 Å². The van der Waals surface area contributed by atoms with E-state index < -0.39 is 5.60 Å². The summed E-state index contributed by atoms with van der Waals surface area (Å²) >= 11 is 0. The summed E-state index contributed by atoms with van der Waals surface area (Å²) in [6, 6.07) is 0.